The molecule has 0 aliphatic carbocycles. The third-order valence-corrected chi connectivity index (χ3v) is 6.70. The van der Waals surface area contributed by atoms with Gasteiger partial charge in [-0.1, -0.05) is 48.5 Å². The van der Waals surface area contributed by atoms with Gasteiger partial charge in [0.15, 0.2) is 5.82 Å². The quantitative estimate of drug-likeness (QED) is 0.383. The molecule has 0 fully saturated rings. The SMILES string of the molecule is COc1ccc(CN2CCC3NN(Cc4ccccc4)c4nc(NCc5cccnc5)nc2c43)cc1. The zero-order chi connectivity index (χ0) is 24.3. The highest BCUT2D eigenvalue weighted by Gasteiger charge is 2.38. The van der Waals surface area contributed by atoms with Crippen molar-refractivity contribution in [3.63, 3.8) is 0 Å². The van der Waals surface area contributed by atoms with Gasteiger partial charge in [-0.15, -0.1) is 0 Å². The van der Waals surface area contributed by atoms with Gasteiger partial charge >= 0.3 is 0 Å². The van der Waals surface area contributed by atoms with Crippen LogP contribution in [0.25, 0.3) is 0 Å². The second-order valence-electron chi connectivity index (χ2n) is 9.13. The molecule has 2 aromatic carbocycles. The number of anilines is 3. The van der Waals surface area contributed by atoms with Gasteiger partial charge in [-0.3, -0.25) is 9.99 Å². The van der Waals surface area contributed by atoms with Gasteiger partial charge in [0, 0.05) is 32.0 Å². The lowest BCUT2D eigenvalue weighted by Crippen LogP contribution is -2.37. The van der Waals surface area contributed by atoms with Crippen LogP contribution < -0.4 is 25.4 Å². The molecule has 6 rings (SSSR count). The van der Waals surface area contributed by atoms with E-state index >= 15 is 0 Å². The van der Waals surface area contributed by atoms with Crippen molar-refractivity contribution in [3.05, 3.63) is 101 Å². The number of nitrogens with one attached hydrogen (secondary N) is 2. The summed E-state index contributed by atoms with van der Waals surface area (Å²) in [4.78, 5) is 16.6. The smallest absolute Gasteiger partial charge is 0.226 e. The standard InChI is InChI=1S/C28H29N7O/c1-36-23-11-9-21(10-12-23)18-34-15-13-24-25-26(34)31-28(30-17-22-8-5-14-29-16-22)32-27(25)35(33-24)19-20-6-3-2-4-7-20/h2-12,14,16,24,33H,13,15,17-19H2,1H3,(H,30,31,32). The Kier molecular flexibility index (Phi) is 6.09. The van der Waals surface area contributed by atoms with Crippen molar-refractivity contribution in [1.82, 2.24) is 20.4 Å². The van der Waals surface area contributed by atoms with E-state index in [1.54, 1.807) is 13.3 Å². The third kappa shape index (κ3) is 4.55. The van der Waals surface area contributed by atoms with Crippen LogP contribution in [-0.2, 0) is 19.6 Å². The molecule has 8 nitrogen and oxygen atoms in total. The van der Waals surface area contributed by atoms with E-state index in [4.69, 9.17) is 14.7 Å². The van der Waals surface area contributed by atoms with Gasteiger partial charge in [-0.25, -0.2) is 5.43 Å². The number of rotatable bonds is 8. The number of hydrazine groups is 1. The summed E-state index contributed by atoms with van der Waals surface area (Å²) in [6.07, 6.45) is 4.64. The van der Waals surface area contributed by atoms with E-state index in [0.717, 1.165) is 49.0 Å². The van der Waals surface area contributed by atoms with Gasteiger partial charge < -0.3 is 15.0 Å². The molecule has 2 aliphatic heterocycles. The van der Waals surface area contributed by atoms with Crippen molar-refractivity contribution < 1.29 is 4.74 Å². The fourth-order valence-electron chi connectivity index (χ4n) is 4.87. The molecule has 0 saturated heterocycles. The maximum absolute atomic E-state index is 5.33. The molecule has 8 heteroatoms. The minimum Gasteiger partial charge on any atom is -0.497 e. The molecular weight excluding hydrogens is 450 g/mol. The second kappa shape index (κ2) is 9.83. The van der Waals surface area contributed by atoms with Crippen LogP contribution in [0.4, 0.5) is 17.6 Å². The molecule has 0 spiro atoms. The molecule has 0 radical (unpaired) electrons. The van der Waals surface area contributed by atoms with Gasteiger partial charge in [-0.05, 0) is 41.3 Å². The number of methoxy groups -OCH3 is 1. The molecule has 4 aromatic rings. The van der Waals surface area contributed by atoms with Crippen molar-refractivity contribution in [2.75, 3.05) is 28.9 Å². The van der Waals surface area contributed by atoms with Crippen LogP contribution in [-0.4, -0.2) is 28.6 Å². The van der Waals surface area contributed by atoms with Crippen LogP contribution in [0.2, 0.25) is 0 Å². The molecule has 2 aliphatic rings. The van der Waals surface area contributed by atoms with E-state index in [1.807, 2.05) is 36.5 Å². The topological polar surface area (TPSA) is 78.4 Å². The first-order valence-electron chi connectivity index (χ1n) is 12.3. The molecular formula is C28H29N7O. The first kappa shape index (κ1) is 22.3. The highest BCUT2D eigenvalue weighted by Crippen LogP contribution is 2.44. The zero-order valence-electron chi connectivity index (χ0n) is 20.3. The van der Waals surface area contributed by atoms with Crippen LogP contribution in [0.1, 0.15) is 34.7 Å². The highest BCUT2D eigenvalue weighted by atomic mass is 16.5. The number of hydrogen-bond acceptors (Lipinski definition) is 8. The van der Waals surface area contributed by atoms with Crippen molar-refractivity contribution in [2.24, 2.45) is 0 Å². The summed E-state index contributed by atoms with van der Waals surface area (Å²) in [6.45, 7) is 3.04. The predicted molar refractivity (Wildman–Crippen MR) is 141 cm³/mol. The van der Waals surface area contributed by atoms with Gasteiger partial charge in [0.2, 0.25) is 5.95 Å². The number of nitrogens with zero attached hydrogens (tertiary/aromatic N) is 5. The maximum Gasteiger partial charge on any atom is 0.226 e. The molecule has 4 heterocycles. The van der Waals surface area contributed by atoms with Crippen LogP contribution in [0.15, 0.2) is 79.1 Å². The van der Waals surface area contributed by atoms with Gasteiger partial charge in [0.1, 0.15) is 11.6 Å². The molecule has 182 valence electrons. The van der Waals surface area contributed by atoms with Crippen molar-refractivity contribution in [1.29, 1.82) is 0 Å². The van der Waals surface area contributed by atoms with E-state index in [1.165, 1.54) is 16.7 Å². The van der Waals surface area contributed by atoms with Crippen LogP contribution in [0.5, 0.6) is 5.75 Å². The monoisotopic (exact) mass is 479 g/mol. The molecule has 36 heavy (non-hydrogen) atoms. The minimum atomic E-state index is 0.207. The summed E-state index contributed by atoms with van der Waals surface area (Å²) in [5, 5.41) is 5.60. The van der Waals surface area contributed by atoms with Gasteiger partial charge in [-0.2, -0.15) is 9.97 Å². The number of ether oxygens (including phenoxy) is 1. The van der Waals surface area contributed by atoms with Gasteiger partial charge in [0.05, 0.1) is 25.3 Å². The summed E-state index contributed by atoms with van der Waals surface area (Å²) < 4.78 is 5.33. The summed E-state index contributed by atoms with van der Waals surface area (Å²) >= 11 is 0. The van der Waals surface area contributed by atoms with Crippen molar-refractivity contribution in [3.8, 4) is 5.75 Å². The van der Waals surface area contributed by atoms with E-state index in [9.17, 15) is 0 Å². The Morgan fingerprint density at radius 1 is 0.917 bits per heavy atom. The predicted octanol–water partition coefficient (Wildman–Crippen LogP) is 4.47. The van der Waals surface area contributed by atoms with Gasteiger partial charge in [0.25, 0.3) is 0 Å². The number of aromatic nitrogens is 3. The molecule has 0 bridgehead atoms. The fraction of sp³-hybridized carbons (Fsp3) is 0.250. The Morgan fingerprint density at radius 2 is 1.69 bits per heavy atom. The van der Waals surface area contributed by atoms with Crippen molar-refractivity contribution >= 4 is 17.6 Å². The molecule has 0 amide bonds. The second-order valence-corrected chi connectivity index (χ2v) is 9.13. The number of hydrogen-bond donors (Lipinski definition) is 2. The lowest BCUT2D eigenvalue weighted by atomic mass is 10.0. The van der Waals surface area contributed by atoms with Crippen LogP contribution in [0.3, 0.4) is 0 Å². The normalized spacial score (nSPS) is 16.1. The average Bonchev–Trinajstić information content (AvgIpc) is 3.28. The zero-order valence-corrected chi connectivity index (χ0v) is 20.3. The number of pyridine rings is 1. The minimum absolute atomic E-state index is 0.207. The fourth-order valence-corrected chi connectivity index (χ4v) is 4.87. The van der Waals surface area contributed by atoms with Crippen LogP contribution in [0, 0.1) is 0 Å². The highest BCUT2D eigenvalue weighted by molar-refractivity contribution is 5.68. The summed E-state index contributed by atoms with van der Waals surface area (Å²) in [5.74, 6) is 3.42. The first-order chi connectivity index (χ1) is 17.8. The summed E-state index contributed by atoms with van der Waals surface area (Å²) in [7, 11) is 1.69. The van der Waals surface area contributed by atoms with E-state index < -0.39 is 0 Å². The Balaban J connectivity index is 1.33. The Morgan fingerprint density at radius 3 is 2.47 bits per heavy atom. The Hall–Kier alpha value is -4.17. The molecule has 0 saturated carbocycles. The average molecular weight is 480 g/mol. The lowest BCUT2D eigenvalue weighted by molar-refractivity contribution is 0.414. The van der Waals surface area contributed by atoms with E-state index in [-0.39, 0.29) is 6.04 Å². The molecule has 2 aromatic heterocycles. The Labute approximate surface area is 211 Å². The largest absolute Gasteiger partial charge is 0.497 e. The first-order valence-corrected chi connectivity index (χ1v) is 12.3. The number of benzene rings is 2. The van der Waals surface area contributed by atoms with Crippen LogP contribution >= 0.6 is 0 Å². The lowest BCUT2D eigenvalue weighted by Gasteiger charge is -2.32. The molecule has 1 unspecified atom stereocenters. The molecule has 1 atom stereocenters. The Bertz CT molecular complexity index is 1320. The third-order valence-electron chi connectivity index (χ3n) is 6.70. The van der Waals surface area contributed by atoms with E-state index in [2.05, 4.69) is 62.0 Å². The summed E-state index contributed by atoms with van der Waals surface area (Å²) in [5.41, 5.74) is 8.41. The van der Waals surface area contributed by atoms with Crippen molar-refractivity contribution in [2.45, 2.75) is 32.1 Å². The molecule has 2 N–H and O–H groups in total. The maximum atomic E-state index is 5.33. The summed E-state index contributed by atoms with van der Waals surface area (Å²) in [6, 6.07) is 22.9. The van der Waals surface area contributed by atoms with E-state index in [0.29, 0.717) is 12.5 Å².